The van der Waals surface area contributed by atoms with Crippen molar-refractivity contribution in [1.82, 2.24) is 0 Å². The Morgan fingerprint density at radius 2 is 1.83 bits per heavy atom. The van der Waals surface area contributed by atoms with Crippen LogP contribution in [0.1, 0.15) is 37.3 Å². The maximum Gasteiger partial charge on any atom is 0.0178 e. The molecule has 0 aliphatic heterocycles. The van der Waals surface area contributed by atoms with Gasteiger partial charge in [-0.1, -0.05) is 38.1 Å². The Morgan fingerprint density at radius 3 is 2.25 bits per heavy atom. The molecular formula is C11H17N. The van der Waals surface area contributed by atoms with Crippen LogP contribution < -0.4 is 5.73 Å². The lowest BCUT2D eigenvalue weighted by Crippen LogP contribution is -1.97. The van der Waals surface area contributed by atoms with Crippen LogP contribution in [0.4, 0.5) is 0 Å². The van der Waals surface area contributed by atoms with Crippen molar-refractivity contribution in [2.45, 2.75) is 32.7 Å². The van der Waals surface area contributed by atoms with Crippen LogP contribution in [-0.2, 0) is 6.54 Å². The fourth-order valence-corrected chi connectivity index (χ4v) is 1.22. The van der Waals surface area contributed by atoms with Crippen molar-refractivity contribution >= 4 is 0 Å². The summed E-state index contributed by atoms with van der Waals surface area (Å²) in [5.41, 5.74) is 8.13. The van der Waals surface area contributed by atoms with Crippen molar-refractivity contribution in [3.63, 3.8) is 0 Å². The highest BCUT2D eigenvalue weighted by Gasteiger charge is 2.00. The average Bonchev–Trinajstić information content (AvgIpc) is 2.17. The van der Waals surface area contributed by atoms with Crippen LogP contribution in [0.15, 0.2) is 24.3 Å². The van der Waals surface area contributed by atoms with Crippen LogP contribution in [0.5, 0.6) is 0 Å². The zero-order chi connectivity index (χ0) is 8.97. The molecule has 0 radical (unpaired) electrons. The Morgan fingerprint density at radius 1 is 1.25 bits per heavy atom. The van der Waals surface area contributed by atoms with E-state index in [9.17, 15) is 0 Å². The van der Waals surface area contributed by atoms with Gasteiger partial charge in [0.25, 0.3) is 0 Å². The normalized spacial score (nSPS) is 12.9. The predicted octanol–water partition coefficient (Wildman–Crippen LogP) is 2.66. The van der Waals surface area contributed by atoms with Crippen molar-refractivity contribution < 1.29 is 0 Å². The molecule has 0 heterocycles. The Balaban J connectivity index is 2.77. The molecule has 0 amide bonds. The summed E-state index contributed by atoms with van der Waals surface area (Å²) < 4.78 is 0. The molecule has 1 atom stereocenters. The van der Waals surface area contributed by atoms with Gasteiger partial charge in [0.1, 0.15) is 0 Å². The van der Waals surface area contributed by atoms with E-state index >= 15 is 0 Å². The van der Waals surface area contributed by atoms with Crippen molar-refractivity contribution in [3.8, 4) is 0 Å². The van der Waals surface area contributed by atoms with E-state index < -0.39 is 0 Å². The second-order valence-electron chi connectivity index (χ2n) is 3.26. The van der Waals surface area contributed by atoms with Crippen LogP contribution in [0.3, 0.4) is 0 Å². The number of nitrogens with two attached hydrogens (primary N) is 1. The van der Waals surface area contributed by atoms with Crippen LogP contribution in [0, 0.1) is 0 Å². The van der Waals surface area contributed by atoms with E-state index in [-0.39, 0.29) is 0 Å². The van der Waals surface area contributed by atoms with Gasteiger partial charge in [0, 0.05) is 6.54 Å². The summed E-state index contributed by atoms with van der Waals surface area (Å²) in [4.78, 5) is 0. The van der Waals surface area contributed by atoms with E-state index in [1.807, 2.05) is 0 Å². The van der Waals surface area contributed by atoms with Gasteiger partial charge in [0.15, 0.2) is 0 Å². The third-order valence-electron chi connectivity index (χ3n) is 2.40. The van der Waals surface area contributed by atoms with Gasteiger partial charge in [-0.05, 0) is 23.5 Å². The fourth-order valence-electron chi connectivity index (χ4n) is 1.22. The van der Waals surface area contributed by atoms with Crippen molar-refractivity contribution in [3.05, 3.63) is 35.4 Å². The quantitative estimate of drug-likeness (QED) is 0.728. The van der Waals surface area contributed by atoms with E-state index in [1.165, 1.54) is 17.5 Å². The molecule has 0 bridgehead atoms. The zero-order valence-corrected chi connectivity index (χ0v) is 7.88. The van der Waals surface area contributed by atoms with Gasteiger partial charge < -0.3 is 5.73 Å². The highest BCUT2D eigenvalue weighted by atomic mass is 14.5. The number of benzene rings is 1. The molecule has 1 rings (SSSR count). The van der Waals surface area contributed by atoms with Gasteiger partial charge in [-0.2, -0.15) is 0 Å². The smallest absolute Gasteiger partial charge is 0.0178 e. The second kappa shape index (κ2) is 4.27. The maximum absolute atomic E-state index is 5.51. The number of hydrogen-bond donors (Lipinski definition) is 1. The summed E-state index contributed by atoms with van der Waals surface area (Å²) in [6, 6.07) is 8.58. The van der Waals surface area contributed by atoms with Crippen molar-refractivity contribution in [2.24, 2.45) is 5.73 Å². The van der Waals surface area contributed by atoms with Crippen LogP contribution in [0.25, 0.3) is 0 Å². The summed E-state index contributed by atoms with van der Waals surface area (Å²) in [7, 11) is 0. The number of rotatable bonds is 3. The lowest BCUT2D eigenvalue weighted by Gasteiger charge is -2.08. The fraction of sp³-hybridized carbons (Fsp3) is 0.455. The summed E-state index contributed by atoms with van der Waals surface area (Å²) in [6.45, 7) is 5.10. The molecule has 0 saturated carbocycles. The van der Waals surface area contributed by atoms with E-state index in [0.29, 0.717) is 12.5 Å². The van der Waals surface area contributed by atoms with E-state index in [0.717, 1.165) is 0 Å². The van der Waals surface area contributed by atoms with Gasteiger partial charge >= 0.3 is 0 Å². The molecule has 12 heavy (non-hydrogen) atoms. The number of hydrogen-bond acceptors (Lipinski definition) is 1. The maximum atomic E-state index is 5.51. The first kappa shape index (κ1) is 9.27. The van der Waals surface area contributed by atoms with Gasteiger partial charge in [-0.25, -0.2) is 0 Å². The monoisotopic (exact) mass is 163 g/mol. The van der Waals surface area contributed by atoms with Gasteiger partial charge in [0.05, 0.1) is 0 Å². The summed E-state index contributed by atoms with van der Waals surface area (Å²) in [5, 5.41) is 0. The van der Waals surface area contributed by atoms with Gasteiger partial charge in [-0.15, -0.1) is 0 Å². The summed E-state index contributed by atoms with van der Waals surface area (Å²) in [6.07, 6.45) is 1.20. The molecule has 0 aromatic heterocycles. The topological polar surface area (TPSA) is 26.0 Å². The molecule has 0 fully saturated rings. The van der Waals surface area contributed by atoms with E-state index in [1.54, 1.807) is 0 Å². The minimum absolute atomic E-state index is 0.640. The standard InChI is InChI=1S/C11H17N/c1-3-9(2)11-6-4-10(8-12)5-7-11/h4-7,9H,3,8,12H2,1-2H3/t9-/m0/s1. The Kier molecular flexibility index (Phi) is 3.30. The van der Waals surface area contributed by atoms with Gasteiger partial charge in [-0.3, -0.25) is 0 Å². The molecule has 0 aliphatic carbocycles. The molecule has 0 unspecified atom stereocenters. The molecule has 66 valence electrons. The van der Waals surface area contributed by atoms with Crippen LogP contribution in [-0.4, -0.2) is 0 Å². The molecule has 0 saturated heterocycles. The highest BCUT2D eigenvalue weighted by molar-refractivity contribution is 5.24. The largest absolute Gasteiger partial charge is 0.326 e. The van der Waals surface area contributed by atoms with Gasteiger partial charge in [0.2, 0.25) is 0 Å². The molecule has 1 aromatic carbocycles. The highest BCUT2D eigenvalue weighted by Crippen LogP contribution is 2.18. The summed E-state index contributed by atoms with van der Waals surface area (Å²) >= 11 is 0. The molecule has 1 aromatic rings. The molecule has 1 nitrogen and oxygen atoms in total. The van der Waals surface area contributed by atoms with Crippen molar-refractivity contribution in [1.29, 1.82) is 0 Å². The zero-order valence-electron chi connectivity index (χ0n) is 7.88. The predicted molar refractivity (Wildman–Crippen MR) is 53.0 cm³/mol. The Labute approximate surface area is 74.6 Å². The van der Waals surface area contributed by atoms with Crippen LogP contribution >= 0.6 is 0 Å². The Bertz CT molecular complexity index is 225. The average molecular weight is 163 g/mol. The van der Waals surface area contributed by atoms with Crippen LogP contribution in [0.2, 0.25) is 0 Å². The molecule has 0 spiro atoms. The molecule has 0 aliphatic rings. The lowest BCUT2D eigenvalue weighted by molar-refractivity contribution is 0.733. The third kappa shape index (κ3) is 2.08. The SMILES string of the molecule is CC[C@H](C)c1ccc(CN)cc1. The van der Waals surface area contributed by atoms with E-state index in [2.05, 4.69) is 38.1 Å². The molecular weight excluding hydrogens is 146 g/mol. The minimum atomic E-state index is 0.640. The minimum Gasteiger partial charge on any atom is -0.326 e. The summed E-state index contributed by atoms with van der Waals surface area (Å²) in [5.74, 6) is 0.664. The van der Waals surface area contributed by atoms with E-state index in [4.69, 9.17) is 5.73 Å². The second-order valence-corrected chi connectivity index (χ2v) is 3.26. The lowest BCUT2D eigenvalue weighted by atomic mass is 9.98. The Hall–Kier alpha value is -0.820. The molecule has 1 heteroatoms. The van der Waals surface area contributed by atoms with Crippen molar-refractivity contribution in [2.75, 3.05) is 0 Å². The first-order valence-corrected chi connectivity index (χ1v) is 4.56. The third-order valence-corrected chi connectivity index (χ3v) is 2.40. The first-order chi connectivity index (χ1) is 5.77. The molecule has 2 N–H and O–H groups in total. The first-order valence-electron chi connectivity index (χ1n) is 4.56.